The molecule has 0 spiro atoms. The van der Waals surface area contributed by atoms with Crippen molar-refractivity contribution in [1.82, 2.24) is 0 Å². The lowest BCUT2D eigenvalue weighted by molar-refractivity contribution is -0.117. The fourth-order valence-electron chi connectivity index (χ4n) is 2.46. The molecule has 0 aromatic carbocycles. The number of anilines is 1. The molecule has 4 nitrogen and oxygen atoms in total. The molecule has 2 unspecified atom stereocenters. The summed E-state index contributed by atoms with van der Waals surface area (Å²) in [6.07, 6.45) is 3.19. The van der Waals surface area contributed by atoms with Crippen molar-refractivity contribution in [1.29, 1.82) is 0 Å². The van der Waals surface area contributed by atoms with Gasteiger partial charge in [0.25, 0.3) is 0 Å². The number of amides is 1. The molecule has 1 amide bonds. The van der Waals surface area contributed by atoms with Crippen molar-refractivity contribution < 1.29 is 14.3 Å². The van der Waals surface area contributed by atoms with Crippen LogP contribution in [0.4, 0.5) is 5.00 Å². The van der Waals surface area contributed by atoms with Gasteiger partial charge in [-0.3, -0.25) is 4.79 Å². The van der Waals surface area contributed by atoms with Gasteiger partial charge in [0.15, 0.2) is 0 Å². The van der Waals surface area contributed by atoms with Crippen molar-refractivity contribution in [2.45, 2.75) is 39.0 Å². The molecule has 1 heterocycles. The van der Waals surface area contributed by atoms with E-state index in [0.29, 0.717) is 29.0 Å². The third-order valence-electron chi connectivity index (χ3n) is 4.00. The standard InChI is InChI=1S/C15H19NO3S/c1-3-19-15(18)12-11(9-4-5-9)7-20-14(12)16-13(17)10-6-8(10)2/h7-10H,3-6H2,1-2H3,(H,16,17). The summed E-state index contributed by atoms with van der Waals surface area (Å²) in [6.45, 7) is 4.22. The minimum atomic E-state index is -0.310. The van der Waals surface area contributed by atoms with Gasteiger partial charge < -0.3 is 10.1 Å². The number of carbonyl (C=O) groups excluding carboxylic acids is 2. The van der Waals surface area contributed by atoms with Crippen LogP contribution < -0.4 is 5.32 Å². The van der Waals surface area contributed by atoms with Crippen LogP contribution in [-0.2, 0) is 9.53 Å². The molecule has 0 radical (unpaired) electrons. The number of nitrogens with one attached hydrogen (secondary N) is 1. The molecular formula is C15H19NO3S. The summed E-state index contributed by atoms with van der Waals surface area (Å²) in [5.74, 6) is 0.763. The van der Waals surface area contributed by atoms with E-state index < -0.39 is 0 Å². The second-order valence-corrected chi connectivity index (χ2v) is 6.58. The third-order valence-corrected chi connectivity index (χ3v) is 4.91. The number of hydrogen-bond acceptors (Lipinski definition) is 4. The average Bonchev–Trinajstić information content (AvgIpc) is 3.31. The lowest BCUT2D eigenvalue weighted by Gasteiger charge is -2.08. The van der Waals surface area contributed by atoms with Crippen LogP contribution in [0.3, 0.4) is 0 Å². The first kappa shape index (κ1) is 13.6. The Labute approximate surface area is 122 Å². The van der Waals surface area contributed by atoms with E-state index in [4.69, 9.17) is 4.74 Å². The smallest absolute Gasteiger partial charge is 0.341 e. The predicted octanol–water partition coefficient (Wildman–Crippen LogP) is 3.40. The number of ether oxygens (including phenoxy) is 1. The molecule has 0 aliphatic heterocycles. The van der Waals surface area contributed by atoms with Crippen LogP contribution in [0, 0.1) is 11.8 Å². The first-order chi connectivity index (χ1) is 9.61. The summed E-state index contributed by atoms with van der Waals surface area (Å²) in [4.78, 5) is 24.2. The van der Waals surface area contributed by atoms with Crippen molar-refractivity contribution in [3.8, 4) is 0 Å². The lowest BCUT2D eigenvalue weighted by atomic mass is 10.1. The maximum atomic E-state index is 12.1. The SMILES string of the molecule is CCOC(=O)c1c(C2CC2)csc1NC(=O)C1CC1C. The van der Waals surface area contributed by atoms with Gasteiger partial charge in [-0.25, -0.2) is 4.79 Å². The van der Waals surface area contributed by atoms with E-state index in [-0.39, 0.29) is 17.8 Å². The number of esters is 1. The second kappa shape index (κ2) is 5.20. The normalized spacial score (nSPS) is 24.3. The molecule has 20 heavy (non-hydrogen) atoms. The average molecular weight is 293 g/mol. The highest BCUT2D eigenvalue weighted by Crippen LogP contribution is 2.46. The Bertz CT molecular complexity index is 547. The first-order valence-electron chi connectivity index (χ1n) is 7.21. The topological polar surface area (TPSA) is 55.4 Å². The summed E-state index contributed by atoms with van der Waals surface area (Å²) < 4.78 is 5.14. The van der Waals surface area contributed by atoms with Crippen LogP contribution in [0.2, 0.25) is 0 Å². The molecule has 1 aromatic rings. The van der Waals surface area contributed by atoms with E-state index in [1.807, 2.05) is 5.38 Å². The number of thiophene rings is 1. The lowest BCUT2D eigenvalue weighted by Crippen LogP contribution is -2.17. The summed E-state index contributed by atoms with van der Waals surface area (Å²) in [5, 5.41) is 5.58. The minimum absolute atomic E-state index is 0.0345. The number of hydrogen-bond donors (Lipinski definition) is 1. The van der Waals surface area contributed by atoms with Gasteiger partial charge in [0.05, 0.1) is 12.2 Å². The monoisotopic (exact) mass is 293 g/mol. The van der Waals surface area contributed by atoms with Gasteiger partial charge in [-0.1, -0.05) is 6.92 Å². The van der Waals surface area contributed by atoms with Crippen LogP contribution in [0.5, 0.6) is 0 Å². The Kier molecular flexibility index (Phi) is 3.54. The third kappa shape index (κ3) is 2.59. The maximum absolute atomic E-state index is 12.1. The zero-order chi connectivity index (χ0) is 14.3. The van der Waals surface area contributed by atoms with Crippen molar-refractivity contribution >= 4 is 28.2 Å². The molecule has 5 heteroatoms. The molecule has 1 aromatic heterocycles. The van der Waals surface area contributed by atoms with Crippen molar-refractivity contribution in [3.05, 3.63) is 16.5 Å². The minimum Gasteiger partial charge on any atom is -0.462 e. The fraction of sp³-hybridized carbons (Fsp3) is 0.600. The molecule has 2 saturated carbocycles. The van der Waals surface area contributed by atoms with E-state index in [0.717, 1.165) is 24.8 Å². The number of carbonyl (C=O) groups is 2. The fourth-order valence-corrected chi connectivity index (χ4v) is 3.50. The van der Waals surface area contributed by atoms with Crippen LogP contribution in [0.25, 0.3) is 0 Å². The molecule has 0 saturated heterocycles. The van der Waals surface area contributed by atoms with Gasteiger partial charge in [-0.2, -0.15) is 0 Å². The molecule has 2 aliphatic carbocycles. The van der Waals surface area contributed by atoms with Crippen LogP contribution in [-0.4, -0.2) is 18.5 Å². The molecule has 2 aliphatic rings. The predicted molar refractivity (Wildman–Crippen MR) is 78.2 cm³/mol. The first-order valence-corrected chi connectivity index (χ1v) is 8.09. The van der Waals surface area contributed by atoms with E-state index in [1.165, 1.54) is 11.3 Å². The molecule has 0 bridgehead atoms. The van der Waals surface area contributed by atoms with Gasteiger partial charge in [0.1, 0.15) is 5.00 Å². The Balaban J connectivity index is 1.82. The number of rotatable bonds is 5. The van der Waals surface area contributed by atoms with Gasteiger partial charge in [-0.05, 0) is 49.0 Å². The van der Waals surface area contributed by atoms with E-state index in [9.17, 15) is 9.59 Å². The quantitative estimate of drug-likeness (QED) is 0.847. The molecule has 1 N–H and O–H groups in total. The van der Waals surface area contributed by atoms with E-state index >= 15 is 0 Å². The van der Waals surface area contributed by atoms with Gasteiger partial charge in [-0.15, -0.1) is 11.3 Å². The summed E-state index contributed by atoms with van der Waals surface area (Å²) >= 11 is 1.44. The zero-order valence-electron chi connectivity index (χ0n) is 11.8. The van der Waals surface area contributed by atoms with E-state index in [1.54, 1.807) is 6.92 Å². The van der Waals surface area contributed by atoms with E-state index in [2.05, 4.69) is 12.2 Å². The van der Waals surface area contributed by atoms with Crippen LogP contribution >= 0.6 is 11.3 Å². The summed E-state index contributed by atoms with van der Waals surface area (Å²) in [7, 11) is 0. The van der Waals surface area contributed by atoms with Crippen molar-refractivity contribution in [3.63, 3.8) is 0 Å². The molecule has 3 rings (SSSR count). The molecule has 108 valence electrons. The van der Waals surface area contributed by atoms with Crippen molar-refractivity contribution in [2.75, 3.05) is 11.9 Å². The highest BCUT2D eigenvalue weighted by Gasteiger charge is 2.40. The molecule has 2 atom stereocenters. The Hall–Kier alpha value is -1.36. The summed E-state index contributed by atoms with van der Waals surface area (Å²) in [5.41, 5.74) is 1.63. The zero-order valence-corrected chi connectivity index (χ0v) is 12.6. The molecule has 2 fully saturated rings. The maximum Gasteiger partial charge on any atom is 0.341 e. The Morgan fingerprint density at radius 1 is 1.45 bits per heavy atom. The van der Waals surface area contributed by atoms with Crippen LogP contribution in [0.1, 0.15) is 54.9 Å². The Morgan fingerprint density at radius 3 is 2.70 bits per heavy atom. The van der Waals surface area contributed by atoms with Gasteiger partial charge >= 0.3 is 5.97 Å². The Morgan fingerprint density at radius 2 is 2.15 bits per heavy atom. The largest absolute Gasteiger partial charge is 0.462 e. The van der Waals surface area contributed by atoms with Crippen LogP contribution in [0.15, 0.2) is 5.38 Å². The highest BCUT2D eigenvalue weighted by molar-refractivity contribution is 7.15. The van der Waals surface area contributed by atoms with Gasteiger partial charge in [0, 0.05) is 5.92 Å². The molecular weight excluding hydrogens is 274 g/mol. The van der Waals surface area contributed by atoms with Gasteiger partial charge in [0.2, 0.25) is 5.91 Å². The van der Waals surface area contributed by atoms with Crippen molar-refractivity contribution in [2.24, 2.45) is 11.8 Å². The second-order valence-electron chi connectivity index (χ2n) is 5.70. The highest BCUT2D eigenvalue weighted by atomic mass is 32.1. The summed E-state index contributed by atoms with van der Waals surface area (Å²) in [6, 6.07) is 0.